The molecule has 1 atom stereocenters. The summed E-state index contributed by atoms with van der Waals surface area (Å²) in [4.78, 5) is 4.51. The van der Waals surface area contributed by atoms with Gasteiger partial charge in [-0.25, -0.2) is 0 Å². The van der Waals surface area contributed by atoms with Crippen LogP contribution in [0.4, 0.5) is 0 Å². The normalized spacial score (nSPS) is 11.4. The molecule has 0 aliphatic carbocycles. The highest BCUT2D eigenvalue weighted by Gasteiger charge is 2.04. The zero-order valence-electron chi connectivity index (χ0n) is 10.2. The highest BCUT2D eigenvalue weighted by molar-refractivity contribution is 7.56. The van der Waals surface area contributed by atoms with Gasteiger partial charge in [0.25, 0.3) is 0 Å². The molecule has 3 aromatic rings. The molecule has 0 radical (unpaired) electrons. The van der Waals surface area contributed by atoms with Crippen LogP contribution in [0, 0.1) is 6.92 Å². The third-order valence-corrected chi connectivity index (χ3v) is 4.55. The van der Waals surface area contributed by atoms with Crippen LogP contribution in [0.25, 0.3) is 10.9 Å². The lowest BCUT2D eigenvalue weighted by molar-refractivity contribution is 1.42. The van der Waals surface area contributed by atoms with Crippen LogP contribution in [-0.2, 0) is 0 Å². The smallest absolute Gasteiger partial charge is 0.0779 e. The summed E-state index contributed by atoms with van der Waals surface area (Å²) < 4.78 is 0. The summed E-state index contributed by atoms with van der Waals surface area (Å²) in [5, 5.41) is 3.94. The quantitative estimate of drug-likeness (QED) is 0.637. The number of benzene rings is 2. The summed E-state index contributed by atoms with van der Waals surface area (Å²) in [6.07, 6.45) is 1.87. The number of para-hydroxylation sites is 1. The molecule has 18 heavy (non-hydrogen) atoms. The lowest BCUT2D eigenvalue weighted by Crippen LogP contribution is -2.07. The lowest BCUT2D eigenvalue weighted by atomic mass is 10.2. The Morgan fingerprint density at radius 1 is 0.833 bits per heavy atom. The second-order valence-corrected chi connectivity index (χ2v) is 5.65. The molecule has 0 aliphatic rings. The molecule has 0 fully saturated rings. The van der Waals surface area contributed by atoms with E-state index in [2.05, 4.69) is 60.4 Å². The first-order valence-corrected chi connectivity index (χ1v) is 7.01. The van der Waals surface area contributed by atoms with Crippen LogP contribution in [0.5, 0.6) is 0 Å². The number of hydrogen-bond acceptors (Lipinski definition) is 1. The molecule has 0 saturated heterocycles. The van der Waals surface area contributed by atoms with Gasteiger partial charge in [-0.1, -0.05) is 57.1 Å². The van der Waals surface area contributed by atoms with Crippen LogP contribution in [0.3, 0.4) is 0 Å². The highest BCUT2D eigenvalue weighted by atomic mass is 31.1. The van der Waals surface area contributed by atoms with E-state index < -0.39 is 0 Å². The van der Waals surface area contributed by atoms with Crippen LogP contribution in [0.2, 0.25) is 0 Å². The first-order valence-electron chi connectivity index (χ1n) is 6.01. The Balaban J connectivity index is 2.08. The molecular formula is C16H14NP. The molecule has 2 aromatic carbocycles. The Morgan fingerprint density at radius 3 is 2.50 bits per heavy atom. The minimum atomic E-state index is 0.667. The van der Waals surface area contributed by atoms with E-state index in [4.69, 9.17) is 0 Å². The van der Waals surface area contributed by atoms with E-state index in [0.29, 0.717) is 8.58 Å². The molecule has 3 rings (SSSR count). The minimum absolute atomic E-state index is 0.667. The van der Waals surface area contributed by atoms with Crippen LogP contribution in [0.15, 0.2) is 60.8 Å². The number of aromatic nitrogens is 1. The van der Waals surface area contributed by atoms with E-state index in [1.807, 2.05) is 12.3 Å². The average Bonchev–Trinajstić information content (AvgIpc) is 2.42. The van der Waals surface area contributed by atoms with Crippen LogP contribution >= 0.6 is 8.58 Å². The monoisotopic (exact) mass is 251 g/mol. The molecule has 0 N–H and O–H groups in total. The molecule has 88 valence electrons. The lowest BCUT2D eigenvalue weighted by Gasteiger charge is -2.08. The van der Waals surface area contributed by atoms with Crippen molar-refractivity contribution in [3.8, 4) is 0 Å². The number of nitrogens with zero attached hydrogens (tertiary/aromatic N) is 1. The highest BCUT2D eigenvalue weighted by Crippen LogP contribution is 2.18. The number of hydrogen-bond donors (Lipinski definition) is 0. The van der Waals surface area contributed by atoms with Crippen molar-refractivity contribution in [3.05, 3.63) is 66.4 Å². The van der Waals surface area contributed by atoms with Crippen LogP contribution in [-0.4, -0.2) is 4.98 Å². The Morgan fingerprint density at radius 2 is 1.61 bits per heavy atom. The van der Waals surface area contributed by atoms with Crippen molar-refractivity contribution in [3.63, 3.8) is 0 Å². The average molecular weight is 251 g/mol. The Hall–Kier alpha value is -1.72. The van der Waals surface area contributed by atoms with Gasteiger partial charge in [0.1, 0.15) is 0 Å². The topological polar surface area (TPSA) is 12.9 Å². The first-order chi connectivity index (χ1) is 8.84. The van der Waals surface area contributed by atoms with E-state index in [1.165, 1.54) is 21.6 Å². The molecule has 2 heteroatoms. The molecule has 0 bridgehead atoms. The largest absolute Gasteiger partial charge is 0.256 e. The predicted molar refractivity (Wildman–Crippen MR) is 80.5 cm³/mol. The summed E-state index contributed by atoms with van der Waals surface area (Å²) in [5.74, 6) is 0. The summed E-state index contributed by atoms with van der Waals surface area (Å²) in [6.45, 7) is 2.17. The molecule has 0 spiro atoms. The van der Waals surface area contributed by atoms with Crippen molar-refractivity contribution in [2.45, 2.75) is 6.92 Å². The third kappa shape index (κ3) is 2.14. The fraction of sp³-hybridized carbons (Fsp3) is 0.0625. The SMILES string of the molecule is Cc1ccccc1Pc1cccc2cccnc12. The number of pyridine rings is 1. The number of rotatable bonds is 2. The van der Waals surface area contributed by atoms with E-state index >= 15 is 0 Å². The maximum absolute atomic E-state index is 4.51. The molecule has 0 aliphatic heterocycles. The van der Waals surface area contributed by atoms with Gasteiger partial charge < -0.3 is 0 Å². The van der Waals surface area contributed by atoms with Crippen LogP contribution < -0.4 is 10.6 Å². The van der Waals surface area contributed by atoms with E-state index in [1.54, 1.807) is 0 Å². The Kier molecular flexibility index (Phi) is 3.08. The minimum Gasteiger partial charge on any atom is -0.256 e. The maximum Gasteiger partial charge on any atom is 0.0779 e. The van der Waals surface area contributed by atoms with Gasteiger partial charge in [-0.3, -0.25) is 4.98 Å². The fourth-order valence-corrected chi connectivity index (χ4v) is 3.32. The van der Waals surface area contributed by atoms with Crippen LogP contribution in [0.1, 0.15) is 5.56 Å². The standard InChI is InChI=1S/C16H14NP/c1-12-6-2-3-9-14(12)18-15-10-4-7-13-8-5-11-17-16(13)15/h2-11,18H,1H3. The van der Waals surface area contributed by atoms with Gasteiger partial charge in [0, 0.05) is 16.9 Å². The van der Waals surface area contributed by atoms with Gasteiger partial charge in [-0.15, -0.1) is 0 Å². The van der Waals surface area contributed by atoms with Crippen molar-refractivity contribution < 1.29 is 0 Å². The molecule has 1 unspecified atom stereocenters. The molecule has 1 nitrogen and oxygen atoms in total. The first kappa shape index (κ1) is 11.4. The van der Waals surface area contributed by atoms with Crippen molar-refractivity contribution >= 4 is 30.1 Å². The van der Waals surface area contributed by atoms with Crippen molar-refractivity contribution in [2.75, 3.05) is 0 Å². The van der Waals surface area contributed by atoms with Gasteiger partial charge in [0.2, 0.25) is 0 Å². The van der Waals surface area contributed by atoms with Gasteiger partial charge >= 0.3 is 0 Å². The summed E-state index contributed by atoms with van der Waals surface area (Å²) in [6, 6.07) is 19.1. The van der Waals surface area contributed by atoms with E-state index in [9.17, 15) is 0 Å². The van der Waals surface area contributed by atoms with E-state index in [-0.39, 0.29) is 0 Å². The van der Waals surface area contributed by atoms with Gasteiger partial charge in [0.15, 0.2) is 0 Å². The Bertz CT molecular complexity index is 686. The molecule has 0 saturated carbocycles. The summed E-state index contributed by atoms with van der Waals surface area (Å²) in [5.41, 5.74) is 2.48. The number of fused-ring (bicyclic) bond motifs is 1. The predicted octanol–water partition coefficient (Wildman–Crippen LogP) is 3.17. The molecule has 0 amide bonds. The second-order valence-electron chi connectivity index (χ2n) is 4.32. The zero-order chi connectivity index (χ0) is 12.4. The fourth-order valence-electron chi connectivity index (χ4n) is 2.06. The molecular weight excluding hydrogens is 237 g/mol. The number of aryl methyl sites for hydroxylation is 1. The van der Waals surface area contributed by atoms with Crippen molar-refractivity contribution in [2.24, 2.45) is 0 Å². The van der Waals surface area contributed by atoms with E-state index in [0.717, 1.165) is 5.52 Å². The van der Waals surface area contributed by atoms with Gasteiger partial charge in [0.05, 0.1) is 5.52 Å². The maximum atomic E-state index is 4.51. The van der Waals surface area contributed by atoms with Crippen molar-refractivity contribution in [1.29, 1.82) is 0 Å². The summed E-state index contributed by atoms with van der Waals surface area (Å²) in [7, 11) is 0.667. The molecule has 1 aromatic heterocycles. The molecule has 1 heterocycles. The van der Waals surface area contributed by atoms with Gasteiger partial charge in [-0.05, 0) is 23.9 Å². The summed E-state index contributed by atoms with van der Waals surface area (Å²) >= 11 is 0. The van der Waals surface area contributed by atoms with Crippen molar-refractivity contribution in [1.82, 2.24) is 4.98 Å². The third-order valence-electron chi connectivity index (χ3n) is 3.05. The second kappa shape index (κ2) is 4.88. The Labute approximate surface area is 109 Å². The van der Waals surface area contributed by atoms with Gasteiger partial charge in [-0.2, -0.15) is 0 Å². The zero-order valence-corrected chi connectivity index (χ0v) is 11.2.